The number of ether oxygens (including phenoxy) is 1. The highest BCUT2D eigenvalue weighted by Gasteiger charge is 2.25. The van der Waals surface area contributed by atoms with Gasteiger partial charge in [-0.05, 0) is 59.8 Å². The number of Topliss-reactive ketones (excluding diaryl/α,β-unsaturated/α-hetero) is 1. The number of ketones is 1. The van der Waals surface area contributed by atoms with Crippen LogP contribution in [0.1, 0.15) is 49.9 Å². The molecule has 1 aliphatic carbocycles. The third-order valence-electron chi connectivity index (χ3n) is 3.90. The van der Waals surface area contributed by atoms with Crippen molar-refractivity contribution in [2.75, 3.05) is 6.61 Å². The molecule has 0 radical (unpaired) electrons. The summed E-state index contributed by atoms with van der Waals surface area (Å²) in [6, 6.07) is 5.66. The predicted octanol–water partition coefficient (Wildman–Crippen LogP) is 4.86. The summed E-state index contributed by atoms with van der Waals surface area (Å²) in [5.41, 5.74) is 0.801. The molecule has 1 fully saturated rings. The van der Waals surface area contributed by atoms with Crippen LogP contribution >= 0.6 is 15.9 Å². The van der Waals surface area contributed by atoms with Crippen molar-refractivity contribution < 1.29 is 9.53 Å². The van der Waals surface area contributed by atoms with Crippen LogP contribution < -0.4 is 4.74 Å². The Kier molecular flexibility index (Phi) is 5.03. The fraction of sp³-hybridized carbons (Fsp3) is 0.562. The molecule has 0 spiro atoms. The monoisotopic (exact) mass is 324 g/mol. The SMILES string of the molecule is CCOc1ccc(C(=O)C2CCC(C)CC2)cc1Br. The lowest BCUT2D eigenvalue weighted by molar-refractivity contribution is 0.0875. The van der Waals surface area contributed by atoms with E-state index in [-0.39, 0.29) is 11.7 Å². The van der Waals surface area contributed by atoms with E-state index < -0.39 is 0 Å². The molecule has 2 nitrogen and oxygen atoms in total. The van der Waals surface area contributed by atoms with E-state index >= 15 is 0 Å². The van der Waals surface area contributed by atoms with Crippen molar-refractivity contribution in [3.05, 3.63) is 28.2 Å². The maximum absolute atomic E-state index is 12.5. The molecule has 0 atom stereocenters. The van der Waals surface area contributed by atoms with Crippen LogP contribution in [-0.2, 0) is 0 Å². The molecule has 0 amide bonds. The fourth-order valence-electron chi connectivity index (χ4n) is 2.68. The minimum atomic E-state index is 0.209. The molecule has 0 N–H and O–H groups in total. The number of hydrogen-bond donors (Lipinski definition) is 0. The van der Waals surface area contributed by atoms with Crippen molar-refractivity contribution in [1.29, 1.82) is 0 Å². The molecular formula is C16H21BrO2. The Morgan fingerprint density at radius 1 is 1.32 bits per heavy atom. The van der Waals surface area contributed by atoms with Crippen molar-refractivity contribution in [3.63, 3.8) is 0 Å². The van der Waals surface area contributed by atoms with E-state index in [9.17, 15) is 4.79 Å². The molecule has 1 saturated carbocycles. The summed E-state index contributed by atoms with van der Waals surface area (Å²) < 4.78 is 6.34. The van der Waals surface area contributed by atoms with Gasteiger partial charge in [-0.1, -0.05) is 19.8 Å². The molecule has 1 aromatic carbocycles. The van der Waals surface area contributed by atoms with Gasteiger partial charge in [0, 0.05) is 11.5 Å². The van der Waals surface area contributed by atoms with Crippen molar-refractivity contribution >= 4 is 21.7 Å². The van der Waals surface area contributed by atoms with Crippen LogP contribution in [0, 0.1) is 11.8 Å². The van der Waals surface area contributed by atoms with Crippen LogP contribution in [-0.4, -0.2) is 12.4 Å². The van der Waals surface area contributed by atoms with E-state index in [0.29, 0.717) is 6.61 Å². The van der Waals surface area contributed by atoms with Crippen LogP contribution in [0.3, 0.4) is 0 Å². The summed E-state index contributed by atoms with van der Waals surface area (Å²) in [5, 5.41) is 0. The summed E-state index contributed by atoms with van der Waals surface area (Å²) in [6.07, 6.45) is 4.42. The third-order valence-corrected chi connectivity index (χ3v) is 4.52. The zero-order valence-electron chi connectivity index (χ0n) is 11.6. The van der Waals surface area contributed by atoms with Crippen molar-refractivity contribution in [3.8, 4) is 5.75 Å². The number of rotatable bonds is 4. The molecule has 3 heteroatoms. The lowest BCUT2D eigenvalue weighted by Crippen LogP contribution is -2.21. The largest absolute Gasteiger partial charge is 0.493 e. The first-order chi connectivity index (χ1) is 9.11. The zero-order chi connectivity index (χ0) is 13.8. The summed E-state index contributed by atoms with van der Waals surface area (Å²) in [4.78, 5) is 12.5. The predicted molar refractivity (Wildman–Crippen MR) is 80.8 cm³/mol. The van der Waals surface area contributed by atoms with E-state index in [1.807, 2.05) is 25.1 Å². The topological polar surface area (TPSA) is 26.3 Å². The Labute approximate surface area is 123 Å². The third kappa shape index (κ3) is 3.59. The molecule has 0 aromatic heterocycles. The number of benzene rings is 1. The van der Waals surface area contributed by atoms with Crippen LogP contribution in [0.4, 0.5) is 0 Å². The average molecular weight is 325 g/mol. The highest BCUT2D eigenvalue weighted by Crippen LogP contribution is 2.32. The Hall–Kier alpha value is -0.830. The van der Waals surface area contributed by atoms with Gasteiger partial charge in [0.05, 0.1) is 11.1 Å². The fourth-order valence-corrected chi connectivity index (χ4v) is 3.18. The quantitative estimate of drug-likeness (QED) is 0.739. The highest BCUT2D eigenvalue weighted by molar-refractivity contribution is 9.10. The number of hydrogen-bond acceptors (Lipinski definition) is 2. The number of carbonyl (C=O) groups excluding carboxylic acids is 1. The Morgan fingerprint density at radius 2 is 2.00 bits per heavy atom. The number of carbonyl (C=O) groups is 1. The summed E-state index contributed by atoms with van der Waals surface area (Å²) in [7, 11) is 0. The van der Waals surface area contributed by atoms with Gasteiger partial charge in [-0.2, -0.15) is 0 Å². The van der Waals surface area contributed by atoms with Gasteiger partial charge in [0.25, 0.3) is 0 Å². The minimum Gasteiger partial charge on any atom is -0.493 e. The first-order valence-corrected chi connectivity index (χ1v) is 7.87. The van der Waals surface area contributed by atoms with E-state index in [1.165, 1.54) is 12.8 Å². The minimum absolute atomic E-state index is 0.209. The van der Waals surface area contributed by atoms with Gasteiger partial charge in [0.1, 0.15) is 5.75 Å². The van der Waals surface area contributed by atoms with Crippen LogP contribution in [0.15, 0.2) is 22.7 Å². The van der Waals surface area contributed by atoms with Gasteiger partial charge in [-0.15, -0.1) is 0 Å². The van der Waals surface area contributed by atoms with Crippen molar-refractivity contribution in [2.24, 2.45) is 11.8 Å². The van der Waals surface area contributed by atoms with Crippen LogP contribution in [0.25, 0.3) is 0 Å². The lowest BCUT2D eigenvalue weighted by atomic mass is 9.79. The number of halogens is 1. The van der Waals surface area contributed by atoms with Gasteiger partial charge in [-0.25, -0.2) is 0 Å². The summed E-state index contributed by atoms with van der Waals surface area (Å²) in [5.74, 6) is 2.07. The Bertz CT molecular complexity index is 448. The molecule has 2 rings (SSSR count). The molecule has 0 saturated heterocycles. The second-order valence-electron chi connectivity index (χ2n) is 5.40. The van der Waals surface area contributed by atoms with Crippen molar-refractivity contribution in [1.82, 2.24) is 0 Å². The first-order valence-electron chi connectivity index (χ1n) is 7.08. The highest BCUT2D eigenvalue weighted by atomic mass is 79.9. The van der Waals surface area contributed by atoms with Crippen LogP contribution in [0.5, 0.6) is 5.75 Å². The van der Waals surface area contributed by atoms with E-state index in [4.69, 9.17) is 4.74 Å². The normalized spacial score (nSPS) is 23.1. The second kappa shape index (κ2) is 6.56. The van der Waals surface area contributed by atoms with Crippen molar-refractivity contribution in [2.45, 2.75) is 39.5 Å². The van der Waals surface area contributed by atoms with E-state index in [1.54, 1.807) is 0 Å². The molecule has 19 heavy (non-hydrogen) atoms. The standard InChI is InChI=1S/C16H21BrO2/c1-3-19-15-9-8-13(10-14(15)17)16(18)12-6-4-11(2)5-7-12/h8-12H,3-7H2,1-2H3. The van der Waals surface area contributed by atoms with Gasteiger partial charge >= 0.3 is 0 Å². The summed E-state index contributed by atoms with van der Waals surface area (Å²) >= 11 is 3.47. The van der Waals surface area contributed by atoms with E-state index in [0.717, 1.165) is 34.5 Å². The molecule has 0 unspecified atom stereocenters. The molecule has 0 aliphatic heterocycles. The molecule has 1 aromatic rings. The van der Waals surface area contributed by atoms with Gasteiger partial charge in [0.2, 0.25) is 0 Å². The molecule has 0 heterocycles. The van der Waals surface area contributed by atoms with Crippen LogP contribution in [0.2, 0.25) is 0 Å². The van der Waals surface area contributed by atoms with Gasteiger partial charge in [-0.3, -0.25) is 4.79 Å². The first kappa shape index (κ1) is 14.6. The Morgan fingerprint density at radius 3 is 2.58 bits per heavy atom. The zero-order valence-corrected chi connectivity index (χ0v) is 13.2. The van der Waals surface area contributed by atoms with Gasteiger partial charge in [0.15, 0.2) is 5.78 Å². The summed E-state index contributed by atoms with van der Waals surface area (Å²) in [6.45, 7) is 4.86. The smallest absolute Gasteiger partial charge is 0.165 e. The Balaban J connectivity index is 2.09. The molecule has 1 aliphatic rings. The average Bonchev–Trinajstić information content (AvgIpc) is 2.41. The maximum Gasteiger partial charge on any atom is 0.165 e. The van der Waals surface area contributed by atoms with E-state index in [2.05, 4.69) is 22.9 Å². The molecular weight excluding hydrogens is 304 g/mol. The molecule has 0 bridgehead atoms. The maximum atomic E-state index is 12.5. The molecule has 104 valence electrons. The lowest BCUT2D eigenvalue weighted by Gasteiger charge is -2.25. The van der Waals surface area contributed by atoms with Gasteiger partial charge < -0.3 is 4.74 Å². The second-order valence-corrected chi connectivity index (χ2v) is 6.25.